The van der Waals surface area contributed by atoms with Crippen molar-refractivity contribution in [1.29, 1.82) is 0 Å². The van der Waals surface area contributed by atoms with Gasteiger partial charge in [-0.2, -0.15) is 0 Å². The van der Waals surface area contributed by atoms with Crippen LogP contribution in [0.5, 0.6) is 0 Å². The van der Waals surface area contributed by atoms with E-state index in [1.807, 2.05) is 0 Å². The highest BCUT2D eigenvalue weighted by Crippen LogP contribution is 2.27. The number of anilines is 2. The Bertz CT molecular complexity index is 906. The maximum absolute atomic E-state index is 13.5. The van der Waals surface area contributed by atoms with Crippen molar-refractivity contribution in [3.63, 3.8) is 0 Å². The van der Waals surface area contributed by atoms with Crippen LogP contribution < -0.4 is 9.62 Å². The normalized spacial score (nSPS) is 12.5. The van der Waals surface area contributed by atoms with Gasteiger partial charge in [-0.15, -0.1) is 0 Å². The quantitative estimate of drug-likeness (QED) is 0.820. The van der Waals surface area contributed by atoms with Crippen LogP contribution in [-0.2, 0) is 14.8 Å². The lowest BCUT2D eigenvalue weighted by Crippen LogP contribution is -2.45. The van der Waals surface area contributed by atoms with E-state index in [2.05, 4.69) is 5.32 Å². The Morgan fingerprint density at radius 2 is 1.88 bits per heavy atom. The van der Waals surface area contributed by atoms with Crippen molar-refractivity contribution in [2.45, 2.75) is 13.0 Å². The molecule has 0 aliphatic heterocycles. The Morgan fingerprint density at radius 3 is 2.48 bits per heavy atom. The van der Waals surface area contributed by atoms with E-state index in [1.165, 1.54) is 37.3 Å². The number of carbonyl (C=O) groups excluding carboxylic acids is 1. The molecule has 0 fully saturated rings. The summed E-state index contributed by atoms with van der Waals surface area (Å²) in [7, 11) is -3.84. The van der Waals surface area contributed by atoms with Crippen molar-refractivity contribution in [3.05, 3.63) is 58.3 Å². The Labute approximate surface area is 155 Å². The van der Waals surface area contributed by atoms with Gasteiger partial charge in [0.15, 0.2) is 0 Å². The van der Waals surface area contributed by atoms with Gasteiger partial charge in [-0.25, -0.2) is 12.8 Å². The van der Waals surface area contributed by atoms with Crippen LogP contribution in [0.15, 0.2) is 42.5 Å². The molecule has 2 aromatic carbocycles. The minimum atomic E-state index is -3.84. The second-order valence-corrected chi connectivity index (χ2v) is 8.03. The number of hydrogen-bond donors (Lipinski definition) is 1. The van der Waals surface area contributed by atoms with Gasteiger partial charge in [0.2, 0.25) is 15.9 Å². The van der Waals surface area contributed by atoms with Gasteiger partial charge in [-0.3, -0.25) is 9.10 Å². The molecule has 0 saturated carbocycles. The van der Waals surface area contributed by atoms with Crippen LogP contribution in [0.25, 0.3) is 0 Å². The van der Waals surface area contributed by atoms with Crippen LogP contribution in [0.3, 0.4) is 0 Å². The van der Waals surface area contributed by atoms with Gasteiger partial charge < -0.3 is 5.32 Å². The Hall–Kier alpha value is -1.83. The van der Waals surface area contributed by atoms with E-state index in [1.54, 1.807) is 6.07 Å². The van der Waals surface area contributed by atoms with Gasteiger partial charge in [-0.1, -0.05) is 29.3 Å². The third-order valence-electron chi connectivity index (χ3n) is 3.34. The zero-order chi connectivity index (χ0) is 18.8. The second-order valence-electron chi connectivity index (χ2n) is 5.33. The second kappa shape index (κ2) is 7.59. The molecule has 9 heteroatoms. The predicted molar refractivity (Wildman–Crippen MR) is 98.3 cm³/mol. The zero-order valence-electron chi connectivity index (χ0n) is 13.3. The number of carbonyl (C=O) groups is 1. The van der Waals surface area contributed by atoms with Crippen molar-refractivity contribution >= 4 is 50.5 Å². The third kappa shape index (κ3) is 4.84. The summed E-state index contributed by atoms with van der Waals surface area (Å²) in [5.41, 5.74) is 0.293. The first-order valence-electron chi connectivity index (χ1n) is 7.10. The van der Waals surface area contributed by atoms with Gasteiger partial charge in [0.25, 0.3) is 0 Å². The number of nitrogens with zero attached hydrogens (tertiary/aromatic N) is 1. The molecule has 134 valence electrons. The van der Waals surface area contributed by atoms with Gasteiger partial charge in [-0.05, 0) is 43.3 Å². The highest BCUT2D eigenvalue weighted by molar-refractivity contribution is 7.92. The summed E-state index contributed by atoms with van der Waals surface area (Å²) >= 11 is 11.9. The molecule has 1 atom stereocenters. The van der Waals surface area contributed by atoms with E-state index in [9.17, 15) is 17.6 Å². The number of hydrogen-bond acceptors (Lipinski definition) is 3. The molecule has 25 heavy (non-hydrogen) atoms. The van der Waals surface area contributed by atoms with Gasteiger partial charge >= 0.3 is 0 Å². The molecule has 0 radical (unpaired) electrons. The van der Waals surface area contributed by atoms with Crippen molar-refractivity contribution in [2.24, 2.45) is 0 Å². The largest absolute Gasteiger partial charge is 0.323 e. The summed E-state index contributed by atoms with van der Waals surface area (Å²) in [6.45, 7) is 1.39. The van der Waals surface area contributed by atoms with Crippen LogP contribution in [-0.4, -0.2) is 26.6 Å². The van der Waals surface area contributed by atoms with Gasteiger partial charge in [0.05, 0.1) is 22.7 Å². The number of sulfonamides is 1. The Morgan fingerprint density at radius 1 is 1.20 bits per heavy atom. The maximum Gasteiger partial charge on any atom is 0.248 e. The third-order valence-corrected chi connectivity index (χ3v) is 5.14. The van der Waals surface area contributed by atoms with E-state index in [0.29, 0.717) is 5.02 Å². The van der Waals surface area contributed by atoms with Gasteiger partial charge in [0, 0.05) is 5.02 Å². The average molecular weight is 405 g/mol. The molecular weight excluding hydrogens is 390 g/mol. The van der Waals surface area contributed by atoms with Crippen LogP contribution in [0.2, 0.25) is 10.0 Å². The fourth-order valence-electron chi connectivity index (χ4n) is 2.25. The van der Waals surface area contributed by atoms with Crippen molar-refractivity contribution in [2.75, 3.05) is 15.9 Å². The van der Waals surface area contributed by atoms with Crippen LogP contribution in [0.1, 0.15) is 6.92 Å². The minimum Gasteiger partial charge on any atom is -0.323 e. The molecular formula is C16H15Cl2FN2O3S. The average Bonchev–Trinajstić information content (AvgIpc) is 2.49. The molecule has 0 aliphatic rings. The lowest BCUT2D eigenvalue weighted by atomic mass is 10.2. The minimum absolute atomic E-state index is 0.0438. The van der Waals surface area contributed by atoms with Crippen molar-refractivity contribution in [3.8, 4) is 0 Å². The summed E-state index contributed by atoms with van der Waals surface area (Å²) in [6, 6.07) is 8.34. The van der Waals surface area contributed by atoms with Crippen LogP contribution >= 0.6 is 23.2 Å². The number of nitrogens with one attached hydrogen (secondary N) is 1. The standard InChI is InChI=1S/C16H15Cl2FN2O3S/c1-10(16(22)20-15-8-11(17)6-7-14(15)18)21(25(2,23)24)13-5-3-4-12(19)9-13/h3-10H,1-2H3,(H,20,22)/t10-/m1/s1. The smallest absolute Gasteiger partial charge is 0.248 e. The van der Waals surface area contributed by atoms with Crippen LogP contribution in [0, 0.1) is 5.82 Å². The first-order chi connectivity index (χ1) is 11.6. The summed E-state index contributed by atoms with van der Waals surface area (Å²) < 4.78 is 38.6. The van der Waals surface area contributed by atoms with E-state index in [4.69, 9.17) is 23.2 Å². The van der Waals surface area contributed by atoms with E-state index >= 15 is 0 Å². The topological polar surface area (TPSA) is 66.5 Å². The summed E-state index contributed by atoms with van der Waals surface area (Å²) in [5.74, 6) is -1.25. The summed E-state index contributed by atoms with van der Waals surface area (Å²) in [4.78, 5) is 12.5. The first-order valence-corrected chi connectivity index (χ1v) is 9.71. The van der Waals surface area contributed by atoms with Crippen LogP contribution in [0.4, 0.5) is 15.8 Å². The number of amides is 1. The number of halogens is 3. The molecule has 0 saturated heterocycles. The zero-order valence-corrected chi connectivity index (χ0v) is 15.7. The fraction of sp³-hybridized carbons (Fsp3) is 0.188. The highest BCUT2D eigenvalue weighted by atomic mass is 35.5. The van der Waals surface area contributed by atoms with Crippen molar-refractivity contribution < 1.29 is 17.6 Å². The molecule has 0 unspecified atom stereocenters. The summed E-state index contributed by atoms with van der Waals surface area (Å²) in [6.07, 6.45) is 0.939. The fourth-order valence-corrected chi connectivity index (χ4v) is 3.76. The monoisotopic (exact) mass is 404 g/mol. The number of rotatable bonds is 5. The molecule has 0 spiro atoms. The molecule has 0 aliphatic carbocycles. The Balaban J connectivity index is 2.35. The maximum atomic E-state index is 13.5. The predicted octanol–water partition coefficient (Wildman–Crippen LogP) is 3.93. The highest BCUT2D eigenvalue weighted by Gasteiger charge is 2.29. The molecule has 5 nitrogen and oxygen atoms in total. The molecule has 2 aromatic rings. The Kier molecular flexibility index (Phi) is 5.92. The summed E-state index contributed by atoms with van der Waals surface area (Å²) in [5, 5.41) is 3.14. The number of benzene rings is 2. The lowest BCUT2D eigenvalue weighted by Gasteiger charge is -2.28. The van der Waals surface area contributed by atoms with Gasteiger partial charge in [0.1, 0.15) is 11.9 Å². The lowest BCUT2D eigenvalue weighted by molar-refractivity contribution is -0.116. The molecule has 1 N–H and O–H groups in total. The van der Waals surface area contributed by atoms with E-state index < -0.39 is 27.8 Å². The SMILES string of the molecule is C[C@H](C(=O)Nc1cc(Cl)ccc1Cl)N(c1cccc(F)c1)S(C)(=O)=O. The first kappa shape index (κ1) is 19.5. The molecule has 0 aromatic heterocycles. The van der Waals surface area contributed by atoms with E-state index in [0.717, 1.165) is 16.6 Å². The molecule has 2 rings (SSSR count). The molecule has 0 heterocycles. The molecule has 1 amide bonds. The van der Waals surface area contributed by atoms with E-state index in [-0.39, 0.29) is 16.4 Å². The molecule has 0 bridgehead atoms. The van der Waals surface area contributed by atoms with Crippen molar-refractivity contribution in [1.82, 2.24) is 0 Å².